The highest BCUT2D eigenvalue weighted by Gasteiger charge is 2.36. The molecule has 0 spiro atoms. The first-order valence-electron chi connectivity index (χ1n) is 5.80. The van der Waals surface area contributed by atoms with Gasteiger partial charge in [-0.15, -0.1) is 0 Å². The van der Waals surface area contributed by atoms with Gasteiger partial charge < -0.3 is 9.47 Å². The molecule has 0 amide bonds. The Hall–Kier alpha value is -1.51. The number of benzene rings is 1. The Morgan fingerprint density at radius 3 is 2.76 bits per heavy atom. The average molecular weight is 234 g/mol. The van der Waals surface area contributed by atoms with E-state index in [1.54, 1.807) is 14.0 Å². The van der Waals surface area contributed by atoms with Crippen LogP contribution in [0.25, 0.3) is 0 Å². The molecule has 0 aliphatic carbocycles. The van der Waals surface area contributed by atoms with Gasteiger partial charge in [0.15, 0.2) is 0 Å². The highest BCUT2D eigenvalue weighted by atomic mass is 16.5. The lowest BCUT2D eigenvalue weighted by Gasteiger charge is -2.36. The summed E-state index contributed by atoms with van der Waals surface area (Å²) in [4.78, 5) is 11.7. The number of carbonyl (C=O) groups excluding carboxylic acids is 1. The van der Waals surface area contributed by atoms with E-state index in [4.69, 9.17) is 9.47 Å². The van der Waals surface area contributed by atoms with Gasteiger partial charge in [-0.1, -0.05) is 6.07 Å². The Morgan fingerprint density at radius 2 is 2.18 bits per heavy atom. The number of fused-ring (bicyclic) bond motifs is 1. The third-order valence-electron chi connectivity index (χ3n) is 3.17. The molecule has 1 aliphatic rings. The van der Waals surface area contributed by atoms with E-state index in [1.165, 1.54) is 0 Å². The summed E-state index contributed by atoms with van der Waals surface area (Å²) >= 11 is 0. The smallest absolute Gasteiger partial charge is 0.137 e. The second-order valence-corrected chi connectivity index (χ2v) is 5.13. The third kappa shape index (κ3) is 2.28. The standard InChI is InChI=1S/C14H18O3/c1-9(15)12-8-14(2,3)17-13-7-10(16-4)5-6-11(12)13/h5-7,12H,8H2,1-4H3. The molecule has 0 saturated carbocycles. The van der Waals surface area contributed by atoms with Gasteiger partial charge in [0.25, 0.3) is 0 Å². The largest absolute Gasteiger partial charge is 0.497 e. The van der Waals surface area contributed by atoms with Crippen molar-refractivity contribution < 1.29 is 14.3 Å². The number of rotatable bonds is 2. The maximum Gasteiger partial charge on any atom is 0.137 e. The molecule has 0 fully saturated rings. The van der Waals surface area contributed by atoms with Crippen LogP contribution in [0.4, 0.5) is 0 Å². The minimum absolute atomic E-state index is 0.0698. The number of hydrogen-bond donors (Lipinski definition) is 0. The molecule has 92 valence electrons. The molecular weight excluding hydrogens is 216 g/mol. The zero-order valence-corrected chi connectivity index (χ0v) is 10.7. The second kappa shape index (κ2) is 4.06. The van der Waals surface area contributed by atoms with Crippen LogP contribution in [-0.4, -0.2) is 18.5 Å². The summed E-state index contributed by atoms with van der Waals surface area (Å²) in [5, 5.41) is 0. The minimum Gasteiger partial charge on any atom is -0.497 e. The first kappa shape index (κ1) is 12.0. The van der Waals surface area contributed by atoms with Gasteiger partial charge in [-0.3, -0.25) is 4.79 Å². The minimum atomic E-state index is -0.310. The predicted molar refractivity (Wildman–Crippen MR) is 65.7 cm³/mol. The highest BCUT2D eigenvalue weighted by Crippen LogP contribution is 2.42. The number of carbonyl (C=O) groups is 1. The van der Waals surface area contributed by atoms with Crippen LogP contribution in [-0.2, 0) is 4.79 Å². The SMILES string of the molecule is COc1ccc2c(c1)OC(C)(C)CC2C(C)=O. The predicted octanol–water partition coefficient (Wildman–Crippen LogP) is 2.93. The van der Waals surface area contributed by atoms with Gasteiger partial charge >= 0.3 is 0 Å². The third-order valence-corrected chi connectivity index (χ3v) is 3.17. The van der Waals surface area contributed by atoms with Crippen LogP contribution in [0.2, 0.25) is 0 Å². The molecule has 0 bridgehead atoms. The molecule has 2 rings (SSSR count). The van der Waals surface area contributed by atoms with E-state index in [9.17, 15) is 4.79 Å². The Morgan fingerprint density at radius 1 is 1.47 bits per heavy atom. The Bertz CT molecular complexity index is 449. The highest BCUT2D eigenvalue weighted by molar-refractivity contribution is 5.84. The molecule has 1 aliphatic heterocycles. The number of Topliss-reactive ketones (excluding diaryl/α,β-unsaturated/α-hetero) is 1. The lowest BCUT2D eigenvalue weighted by Crippen LogP contribution is -2.36. The first-order valence-corrected chi connectivity index (χ1v) is 5.80. The molecule has 0 saturated heterocycles. The van der Waals surface area contributed by atoms with Crippen LogP contribution in [0.1, 0.15) is 38.7 Å². The monoisotopic (exact) mass is 234 g/mol. The van der Waals surface area contributed by atoms with E-state index < -0.39 is 0 Å². The van der Waals surface area contributed by atoms with Crippen molar-refractivity contribution in [2.24, 2.45) is 0 Å². The van der Waals surface area contributed by atoms with Gasteiger partial charge in [-0.25, -0.2) is 0 Å². The fourth-order valence-electron chi connectivity index (χ4n) is 2.32. The quantitative estimate of drug-likeness (QED) is 0.789. The molecule has 1 unspecified atom stereocenters. The fourth-order valence-corrected chi connectivity index (χ4v) is 2.32. The van der Waals surface area contributed by atoms with Crippen LogP contribution in [0.15, 0.2) is 18.2 Å². The van der Waals surface area contributed by atoms with Crippen molar-refractivity contribution in [3.8, 4) is 11.5 Å². The molecule has 1 aromatic carbocycles. The van der Waals surface area contributed by atoms with E-state index in [-0.39, 0.29) is 17.3 Å². The summed E-state index contributed by atoms with van der Waals surface area (Å²) in [5.74, 6) is 1.64. The van der Waals surface area contributed by atoms with Crippen molar-refractivity contribution in [3.05, 3.63) is 23.8 Å². The molecule has 0 N–H and O–H groups in total. The topological polar surface area (TPSA) is 35.5 Å². The molecular formula is C14H18O3. The maximum absolute atomic E-state index is 11.7. The molecule has 1 atom stereocenters. The van der Waals surface area contributed by atoms with Gasteiger partial charge in [0.1, 0.15) is 22.9 Å². The van der Waals surface area contributed by atoms with Crippen molar-refractivity contribution in [3.63, 3.8) is 0 Å². The molecule has 17 heavy (non-hydrogen) atoms. The zero-order valence-electron chi connectivity index (χ0n) is 10.7. The van der Waals surface area contributed by atoms with Crippen LogP contribution in [0.3, 0.4) is 0 Å². The summed E-state index contributed by atoms with van der Waals surface area (Å²) in [7, 11) is 1.62. The van der Waals surface area contributed by atoms with Crippen LogP contribution < -0.4 is 9.47 Å². The summed E-state index contributed by atoms with van der Waals surface area (Å²) in [6.45, 7) is 5.65. The Balaban J connectivity index is 2.48. The van der Waals surface area contributed by atoms with Gasteiger partial charge in [0, 0.05) is 24.0 Å². The molecule has 1 aromatic rings. The number of ether oxygens (including phenoxy) is 2. The molecule has 3 nitrogen and oxygen atoms in total. The zero-order chi connectivity index (χ0) is 12.6. The van der Waals surface area contributed by atoms with Crippen LogP contribution in [0, 0.1) is 0 Å². The van der Waals surface area contributed by atoms with E-state index in [0.29, 0.717) is 0 Å². The van der Waals surface area contributed by atoms with Crippen molar-refractivity contribution in [2.75, 3.05) is 7.11 Å². The maximum atomic E-state index is 11.7. The van der Waals surface area contributed by atoms with Gasteiger partial charge in [-0.2, -0.15) is 0 Å². The normalized spacial score (nSPS) is 21.3. The summed E-state index contributed by atoms with van der Waals surface area (Å²) in [6, 6.07) is 5.65. The van der Waals surface area contributed by atoms with Crippen LogP contribution in [0.5, 0.6) is 11.5 Å². The van der Waals surface area contributed by atoms with Crippen molar-refractivity contribution in [1.82, 2.24) is 0 Å². The lowest BCUT2D eigenvalue weighted by molar-refractivity contribution is -0.120. The summed E-state index contributed by atoms with van der Waals surface area (Å²) in [6.07, 6.45) is 0.724. The average Bonchev–Trinajstić information content (AvgIpc) is 2.25. The second-order valence-electron chi connectivity index (χ2n) is 5.13. The van der Waals surface area contributed by atoms with Gasteiger partial charge in [0.2, 0.25) is 0 Å². The van der Waals surface area contributed by atoms with Crippen molar-refractivity contribution in [2.45, 2.75) is 38.7 Å². The Kier molecular flexibility index (Phi) is 2.86. The van der Waals surface area contributed by atoms with E-state index in [0.717, 1.165) is 23.5 Å². The van der Waals surface area contributed by atoms with E-state index in [1.807, 2.05) is 32.0 Å². The summed E-state index contributed by atoms with van der Waals surface area (Å²) in [5.41, 5.74) is 0.660. The fraction of sp³-hybridized carbons (Fsp3) is 0.500. The van der Waals surface area contributed by atoms with Gasteiger partial charge in [-0.05, 0) is 26.8 Å². The number of ketones is 1. The number of hydrogen-bond acceptors (Lipinski definition) is 3. The van der Waals surface area contributed by atoms with Crippen molar-refractivity contribution in [1.29, 1.82) is 0 Å². The van der Waals surface area contributed by atoms with Gasteiger partial charge in [0.05, 0.1) is 7.11 Å². The number of methoxy groups -OCH3 is 1. The summed E-state index contributed by atoms with van der Waals surface area (Å²) < 4.78 is 11.1. The molecule has 1 heterocycles. The van der Waals surface area contributed by atoms with E-state index in [2.05, 4.69) is 0 Å². The molecule has 0 aromatic heterocycles. The van der Waals surface area contributed by atoms with Crippen LogP contribution >= 0.6 is 0 Å². The Labute approximate surface area is 102 Å². The first-order chi connectivity index (χ1) is 7.93. The lowest BCUT2D eigenvalue weighted by atomic mass is 9.82. The molecule has 0 radical (unpaired) electrons. The van der Waals surface area contributed by atoms with E-state index >= 15 is 0 Å². The molecule has 3 heteroatoms. The van der Waals surface area contributed by atoms with Crippen molar-refractivity contribution >= 4 is 5.78 Å².